The number of halogens is 1. The summed E-state index contributed by atoms with van der Waals surface area (Å²) in [4.78, 5) is 24.1. The maximum Gasteiger partial charge on any atom is 0.234 e. The van der Waals surface area contributed by atoms with Crippen LogP contribution in [0, 0.1) is 5.82 Å². The molecule has 0 radical (unpaired) electrons. The maximum absolute atomic E-state index is 12.9. The molecule has 9 heteroatoms. The molecule has 3 rings (SSSR count). The fourth-order valence-corrected chi connectivity index (χ4v) is 3.25. The van der Waals surface area contributed by atoms with E-state index in [-0.39, 0.29) is 29.8 Å². The van der Waals surface area contributed by atoms with Gasteiger partial charge in [0.05, 0.1) is 5.75 Å². The van der Waals surface area contributed by atoms with Gasteiger partial charge in [-0.15, -0.1) is 10.2 Å². The van der Waals surface area contributed by atoms with Crippen LogP contribution in [0.2, 0.25) is 0 Å². The number of hydrogen-bond acceptors (Lipinski definition) is 5. The van der Waals surface area contributed by atoms with Gasteiger partial charge in [-0.1, -0.05) is 30.0 Å². The molecule has 0 saturated heterocycles. The van der Waals surface area contributed by atoms with E-state index in [1.54, 1.807) is 11.6 Å². The highest BCUT2D eigenvalue weighted by Crippen LogP contribution is 2.17. The van der Waals surface area contributed by atoms with Crippen LogP contribution in [0.4, 0.5) is 15.8 Å². The molecule has 2 N–H and O–H groups in total. The van der Waals surface area contributed by atoms with Gasteiger partial charge in [0.25, 0.3) is 0 Å². The maximum atomic E-state index is 12.9. The van der Waals surface area contributed by atoms with Crippen LogP contribution in [-0.2, 0) is 23.1 Å². The largest absolute Gasteiger partial charge is 0.326 e. The number of aryl methyl sites for hydroxylation is 1. The number of carbonyl (C=O) groups is 2. The van der Waals surface area contributed by atoms with Crippen molar-refractivity contribution < 1.29 is 14.0 Å². The summed E-state index contributed by atoms with van der Waals surface area (Å²) in [5, 5.41) is 14.3. The summed E-state index contributed by atoms with van der Waals surface area (Å²) >= 11 is 1.27. The molecule has 0 atom stereocenters. The molecule has 2 amide bonds. The Kier molecular flexibility index (Phi) is 6.96. The highest BCUT2D eigenvalue weighted by Gasteiger charge is 2.13. The first-order chi connectivity index (χ1) is 14.0. The molecule has 7 nitrogen and oxygen atoms in total. The second-order valence-corrected chi connectivity index (χ2v) is 7.16. The summed E-state index contributed by atoms with van der Waals surface area (Å²) < 4.78 is 14.7. The number of amides is 2. The third-order valence-corrected chi connectivity index (χ3v) is 5.04. The van der Waals surface area contributed by atoms with Crippen molar-refractivity contribution in [1.29, 1.82) is 0 Å². The number of aromatic nitrogens is 3. The van der Waals surface area contributed by atoms with Crippen molar-refractivity contribution in [1.82, 2.24) is 14.8 Å². The highest BCUT2D eigenvalue weighted by molar-refractivity contribution is 7.99. The van der Waals surface area contributed by atoms with Gasteiger partial charge in [0.15, 0.2) is 5.16 Å². The Labute approximate surface area is 171 Å². The molecule has 0 spiro atoms. The Balaban J connectivity index is 1.46. The first-order valence-electron chi connectivity index (χ1n) is 8.92. The molecule has 0 saturated carbocycles. The number of rotatable bonds is 8. The molecule has 0 aliphatic rings. The summed E-state index contributed by atoms with van der Waals surface area (Å²) in [6, 6.07) is 14.8. The van der Waals surface area contributed by atoms with E-state index in [9.17, 15) is 14.0 Å². The molecular formula is C20H20FN5O2S. The van der Waals surface area contributed by atoms with E-state index < -0.39 is 0 Å². The predicted molar refractivity (Wildman–Crippen MR) is 110 cm³/mol. The molecular weight excluding hydrogens is 393 g/mol. The number of para-hydroxylation sites is 1. The van der Waals surface area contributed by atoms with Crippen LogP contribution < -0.4 is 10.6 Å². The lowest BCUT2D eigenvalue weighted by molar-refractivity contribution is -0.116. The van der Waals surface area contributed by atoms with Gasteiger partial charge in [-0.05, 0) is 36.4 Å². The summed E-state index contributed by atoms with van der Waals surface area (Å²) in [6.45, 7) is 0. The van der Waals surface area contributed by atoms with Crippen molar-refractivity contribution in [2.45, 2.75) is 18.0 Å². The molecule has 1 aromatic heterocycles. The zero-order valence-electron chi connectivity index (χ0n) is 15.8. The lowest BCUT2D eigenvalue weighted by Crippen LogP contribution is -2.15. The van der Waals surface area contributed by atoms with Crippen LogP contribution in [0.25, 0.3) is 0 Å². The van der Waals surface area contributed by atoms with Gasteiger partial charge in [-0.2, -0.15) is 0 Å². The first-order valence-corrected chi connectivity index (χ1v) is 9.91. The summed E-state index contributed by atoms with van der Waals surface area (Å²) in [5.74, 6) is 0.154. The number of benzene rings is 2. The molecule has 0 unspecified atom stereocenters. The molecule has 0 aliphatic heterocycles. The predicted octanol–water partition coefficient (Wildman–Crippen LogP) is 3.26. The number of nitrogens with one attached hydrogen (secondary N) is 2. The average molecular weight is 413 g/mol. The molecule has 150 valence electrons. The fourth-order valence-electron chi connectivity index (χ4n) is 2.52. The number of anilines is 2. The summed E-state index contributed by atoms with van der Waals surface area (Å²) in [5.41, 5.74) is 1.28. The van der Waals surface area contributed by atoms with Gasteiger partial charge < -0.3 is 15.2 Å². The minimum Gasteiger partial charge on any atom is -0.326 e. The van der Waals surface area contributed by atoms with Crippen LogP contribution in [0.1, 0.15) is 12.2 Å². The molecule has 0 fully saturated rings. The van der Waals surface area contributed by atoms with Crippen molar-refractivity contribution in [2.75, 3.05) is 16.4 Å². The third kappa shape index (κ3) is 6.15. The van der Waals surface area contributed by atoms with Crippen molar-refractivity contribution >= 4 is 35.0 Å². The van der Waals surface area contributed by atoms with Crippen molar-refractivity contribution in [3.8, 4) is 0 Å². The van der Waals surface area contributed by atoms with Gasteiger partial charge >= 0.3 is 0 Å². The molecule has 2 aromatic carbocycles. The number of nitrogens with zero attached hydrogens (tertiary/aromatic N) is 3. The minimum absolute atomic E-state index is 0.135. The van der Waals surface area contributed by atoms with Crippen LogP contribution in [0.3, 0.4) is 0 Å². The van der Waals surface area contributed by atoms with Gasteiger partial charge in [0.1, 0.15) is 11.6 Å². The zero-order valence-corrected chi connectivity index (χ0v) is 16.6. The second-order valence-electron chi connectivity index (χ2n) is 6.22. The van der Waals surface area contributed by atoms with Crippen molar-refractivity contribution in [2.24, 2.45) is 7.05 Å². The van der Waals surface area contributed by atoms with Crippen LogP contribution >= 0.6 is 11.8 Å². The SMILES string of the molecule is Cn1c(CCC(=O)Nc2ccc(F)cc2)nnc1SCC(=O)Nc1ccccc1. The fraction of sp³-hybridized carbons (Fsp3) is 0.200. The van der Waals surface area contributed by atoms with E-state index >= 15 is 0 Å². The number of thioether (sulfide) groups is 1. The molecule has 1 heterocycles. The van der Waals surface area contributed by atoms with E-state index in [1.165, 1.54) is 36.0 Å². The van der Waals surface area contributed by atoms with Crippen molar-refractivity contribution in [3.05, 3.63) is 66.2 Å². The van der Waals surface area contributed by atoms with Gasteiger partial charge in [0.2, 0.25) is 11.8 Å². The Morgan fingerprint density at radius 3 is 2.34 bits per heavy atom. The van der Waals surface area contributed by atoms with E-state index in [1.807, 2.05) is 30.3 Å². The minimum atomic E-state index is -0.357. The molecule has 3 aromatic rings. The number of hydrogen-bond donors (Lipinski definition) is 2. The smallest absolute Gasteiger partial charge is 0.234 e. The van der Waals surface area contributed by atoms with Crippen LogP contribution in [-0.4, -0.2) is 32.3 Å². The lowest BCUT2D eigenvalue weighted by Gasteiger charge is -2.06. The lowest BCUT2D eigenvalue weighted by atomic mass is 10.2. The Hall–Kier alpha value is -3.20. The third-order valence-electron chi connectivity index (χ3n) is 4.02. The van der Waals surface area contributed by atoms with E-state index in [2.05, 4.69) is 20.8 Å². The Morgan fingerprint density at radius 2 is 1.62 bits per heavy atom. The van der Waals surface area contributed by atoms with Gasteiger partial charge in [0, 0.05) is 31.3 Å². The first kappa shape index (κ1) is 20.5. The average Bonchev–Trinajstić information content (AvgIpc) is 3.07. The molecule has 0 bridgehead atoms. The van der Waals surface area contributed by atoms with E-state index in [0.29, 0.717) is 23.1 Å². The van der Waals surface area contributed by atoms with Crippen molar-refractivity contribution in [3.63, 3.8) is 0 Å². The number of carbonyl (C=O) groups excluding carboxylic acids is 2. The normalized spacial score (nSPS) is 10.6. The molecule has 29 heavy (non-hydrogen) atoms. The van der Waals surface area contributed by atoms with E-state index in [4.69, 9.17) is 0 Å². The van der Waals surface area contributed by atoms with Crippen LogP contribution in [0.5, 0.6) is 0 Å². The summed E-state index contributed by atoms with van der Waals surface area (Å²) in [7, 11) is 1.80. The quantitative estimate of drug-likeness (QED) is 0.554. The topological polar surface area (TPSA) is 88.9 Å². The monoisotopic (exact) mass is 413 g/mol. The molecule has 0 aliphatic carbocycles. The standard InChI is InChI=1S/C20H20FN5O2S/c1-26-17(11-12-18(27)22-16-9-7-14(21)8-10-16)24-25-20(26)29-13-19(28)23-15-5-3-2-4-6-15/h2-10H,11-13H2,1H3,(H,22,27)(H,23,28). The van der Waals surface area contributed by atoms with Crippen LogP contribution in [0.15, 0.2) is 59.8 Å². The second kappa shape index (κ2) is 9.83. The van der Waals surface area contributed by atoms with Gasteiger partial charge in [-0.25, -0.2) is 4.39 Å². The van der Waals surface area contributed by atoms with E-state index in [0.717, 1.165) is 5.69 Å². The zero-order chi connectivity index (χ0) is 20.6. The summed E-state index contributed by atoms with van der Waals surface area (Å²) in [6.07, 6.45) is 0.607. The highest BCUT2D eigenvalue weighted by atomic mass is 32.2. The Morgan fingerprint density at radius 1 is 0.966 bits per heavy atom. The Bertz CT molecular complexity index is 976. The van der Waals surface area contributed by atoms with Gasteiger partial charge in [-0.3, -0.25) is 9.59 Å².